The van der Waals surface area contributed by atoms with Gasteiger partial charge in [-0.1, -0.05) is 11.6 Å². The lowest BCUT2D eigenvalue weighted by molar-refractivity contribution is -0.389. The summed E-state index contributed by atoms with van der Waals surface area (Å²) in [4.78, 5) is 15.5. The number of pyridine rings is 1. The van der Waals surface area contributed by atoms with Gasteiger partial charge in [0, 0.05) is 14.1 Å². The Hall–Kier alpha value is -1.62. The van der Waals surface area contributed by atoms with Gasteiger partial charge in [0.25, 0.3) is 0 Å². The van der Waals surface area contributed by atoms with Crippen molar-refractivity contribution in [2.75, 3.05) is 14.1 Å². The van der Waals surface area contributed by atoms with Crippen LogP contribution in [0.5, 0.6) is 0 Å². The van der Waals surface area contributed by atoms with Crippen LogP contribution in [0.3, 0.4) is 0 Å². The molecule has 0 N–H and O–H groups in total. The van der Waals surface area contributed by atoms with Crippen LogP contribution in [0.15, 0.2) is 18.5 Å². The van der Waals surface area contributed by atoms with E-state index in [1.165, 1.54) is 12.3 Å². The Morgan fingerprint density at radius 2 is 2.27 bits per heavy atom. The Morgan fingerprint density at radius 3 is 2.80 bits per heavy atom. The highest BCUT2D eigenvalue weighted by Gasteiger charge is 2.13. The van der Waals surface area contributed by atoms with E-state index in [2.05, 4.69) is 4.98 Å². The molecule has 0 amide bonds. The number of aromatic nitrogens is 1. The molecule has 15 heavy (non-hydrogen) atoms. The summed E-state index contributed by atoms with van der Waals surface area (Å²) in [5.74, 6) is -0.197. The van der Waals surface area contributed by atoms with Crippen LogP contribution in [-0.4, -0.2) is 28.9 Å². The average molecular weight is 228 g/mol. The summed E-state index contributed by atoms with van der Waals surface area (Å²) in [5, 5.41) is 11.0. The van der Waals surface area contributed by atoms with Gasteiger partial charge in [0.05, 0.1) is 10.6 Å². The zero-order chi connectivity index (χ0) is 11.4. The van der Waals surface area contributed by atoms with Gasteiger partial charge in [-0.25, -0.2) is 0 Å². The fourth-order valence-electron chi connectivity index (χ4n) is 0.952. The highest BCUT2D eigenvalue weighted by atomic mass is 35.5. The third-order valence-corrected chi connectivity index (χ3v) is 1.79. The Morgan fingerprint density at radius 1 is 1.60 bits per heavy atom. The maximum absolute atomic E-state index is 10.6. The van der Waals surface area contributed by atoms with Gasteiger partial charge >= 0.3 is 5.82 Å². The van der Waals surface area contributed by atoms with Crippen molar-refractivity contribution in [3.63, 3.8) is 0 Å². The van der Waals surface area contributed by atoms with Crippen LogP contribution in [0, 0.1) is 10.1 Å². The van der Waals surface area contributed by atoms with Crippen LogP contribution in [-0.2, 0) is 0 Å². The Kier molecular flexibility index (Phi) is 3.62. The molecule has 1 aromatic rings. The van der Waals surface area contributed by atoms with E-state index < -0.39 is 4.92 Å². The van der Waals surface area contributed by atoms with E-state index in [0.717, 1.165) is 0 Å². The predicted molar refractivity (Wildman–Crippen MR) is 58.6 cm³/mol. The van der Waals surface area contributed by atoms with E-state index in [0.29, 0.717) is 10.6 Å². The molecule has 0 saturated heterocycles. The second-order valence-corrected chi connectivity index (χ2v) is 3.54. The molecule has 0 aliphatic heterocycles. The van der Waals surface area contributed by atoms with Gasteiger partial charge in [0.15, 0.2) is 6.20 Å². The Labute approximate surface area is 92.1 Å². The molecule has 5 nitrogen and oxygen atoms in total. The van der Waals surface area contributed by atoms with Crippen LogP contribution < -0.4 is 0 Å². The first-order valence-corrected chi connectivity index (χ1v) is 4.53. The second-order valence-electron chi connectivity index (χ2n) is 3.10. The molecule has 0 radical (unpaired) electrons. The van der Waals surface area contributed by atoms with Gasteiger partial charge in [-0.05, 0) is 28.2 Å². The predicted octanol–water partition coefficient (Wildman–Crippen LogP) is 2.18. The number of hydrogen-bond acceptors (Lipinski definition) is 4. The molecule has 0 atom stereocenters. The van der Waals surface area contributed by atoms with Gasteiger partial charge in [-0.15, -0.1) is 0 Å². The molecule has 0 unspecified atom stereocenters. The van der Waals surface area contributed by atoms with Crippen LogP contribution in [0.25, 0.3) is 6.08 Å². The van der Waals surface area contributed by atoms with Crippen molar-refractivity contribution in [3.05, 3.63) is 39.2 Å². The van der Waals surface area contributed by atoms with Gasteiger partial charge in [0.1, 0.15) is 0 Å². The third kappa shape index (κ3) is 3.21. The number of rotatable bonds is 3. The largest absolute Gasteiger partial charge is 0.383 e. The number of nitrogens with zero attached hydrogens (tertiary/aromatic N) is 3. The molecular formula is C9H10ClN3O2. The molecule has 0 spiro atoms. The molecule has 0 saturated carbocycles. The van der Waals surface area contributed by atoms with Crippen LogP contribution >= 0.6 is 11.6 Å². The van der Waals surface area contributed by atoms with E-state index in [1.54, 1.807) is 17.2 Å². The van der Waals surface area contributed by atoms with Crippen molar-refractivity contribution in [2.45, 2.75) is 0 Å². The van der Waals surface area contributed by atoms with Crippen molar-refractivity contribution in [1.82, 2.24) is 9.88 Å². The summed E-state index contributed by atoms with van der Waals surface area (Å²) in [6.45, 7) is 0. The van der Waals surface area contributed by atoms with Crippen molar-refractivity contribution in [3.8, 4) is 0 Å². The molecule has 0 aromatic carbocycles. The minimum atomic E-state index is -0.536. The zero-order valence-corrected chi connectivity index (χ0v) is 9.10. The fraction of sp³-hybridized carbons (Fsp3) is 0.222. The summed E-state index contributed by atoms with van der Waals surface area (Å²) >= 11 is 5.70. The lowest BCUT2D eigenvalue weighted by atomic mass is 10.2. The van der Waals surface area contributed by atoms with Crippen molar-refractivity contribution < 1.29 is 4.92 Å². The molecule has 0 aliphatic carbocycles. The van der Waals surface area contributed by atoms with Gasteiger partial charge in [-0.2, -0.15) is 0 Å². The first kappa shape index (κ1) is 11.5. The summed E-state index contributed by atoms with van der Waals surface area (Å²) < 4.78 is 0. The first-order chi connectivity index (χ1) is 7.00. The van der Waals surface area contributed by atoms with E-state index >= 15 is 0 Å². The molecule has 80 valence electrons. The second kappa shape index (κ2) is 4.75. The average Bonchev–Trinajstić information content (AvgIpc) is 2.14. The molecule has 0 bridgehead atoms. The van der Waals surface area contributed by atoms with E-state index in [9.17, 15) is 10.1 Å². The maximum Gasteiger partial charge on any atom is 0.370 e. The monoisotopic (exact) mass is 227 g/mol. The SMILES string of the molecule is CN(C)C=Cc1cc(Cl)cnc1[N+](=O)[O-]. The van der Waals surface area contributed by atoms with E-state index in [4.69, 9.17) is 11.6 Å². The summed E-state index contributed by atoms with van der Waals surface area (Å²) in [6, 6.07) is 1.51. The van der Waals surface area contributed by atoms with Crippen molar-refractivity contribution in [1.29, 1.82) is 0 Å². The summed E-state index contributed by atoms with van der Waals surface area (Å²) in [5.41, 5.74) is 0.390. The van der Waals surface area contributed by atoms with Crippen LogP contribution in [0.1, 0.15) is 5.56 Å². The standard InChI is InChI=1S/C9H10ClN3O2/c1-12(2)4-3-7-5-8(10)6-11-9(7)13(14)15/h3-6H,1-2H3. The van der Waals surface area contributed by atoms with Crippen LogP contribution in [0.4, 0.5) is 5.82 Å². The summed E-state index contributed by atoms with van der Waals surface area (Å²) in [7, 11) is 3.64. The smallest absolute Gasteiger partial charge is 0.370 e. The number of halogens is 1. The van der Waals surface area contributed by atoms with Gasteiger partial charge in [0.2, 0.25) is 0 Å². The number of hydrogen-bond donors (Lipinski definition) is 0. The molecule has 1 aromatic heterocycles. The lowest BCUT2D eigenvalue weighted by Gasteiger charge is -2.03. The molecule has 1 heterocycles. The Bertz CT molecular complexity index is 404. The lowest BCUT2D eigenvalue weighted by Crippen LogP contribution is -2.00. The van der Waals surface area contributed by atoms with Crippen molar-refractivity contribution >= 4 is 23.5 Å². The molecular weight excluding hydrogens is 218 g/mol. The highest BCUT2D eigenvalue weighted by Crippen LogP contribution is 2.20. The van der Waals surface area contributed by atoms with Gasteiger partial charge in [-0.3, -0.25) is 0 Å². The minimum Gasteiger partial charge on any atom is -0.383 e. The third-order valence-electron chi connectivity index (χ3n) is 1.59. The highest BCUT2D eigenvalue weighted by molar-refractivity contribution is 6.30. The molecule has 6 heteroatoms. The number of nitro groups is 1. The molecule has 1 rings (SSSR count). The van der Waals surface area contributed by atoms with Crippen LogP contribution in [0.2, 0.25) is 5.02 Å². The molecule has 0 fully saturated rings. The molecule has 0 aliphatic rings. The Balaban J connectivity index is 3.13. The van der Waals surface area contributed by atoms with E-state index in [-0.39, 0.29) is 5.82 Å². The minimum absolute atomic E-state index is 0.197. The topological polar surface area (TPSA) is 59.3 Å². The fourth-order valence-corrected chi connectivity index (χ4v) is 1.12. The van der Waals surface area contributed by atoms with E-state index in [1.807, 2.05) is 14.1 Å². The zero-order valence-electron chi connectivity index (χ0n) is 8.35. The first-order valence-electron chi connectivity index (χ1n) is 4.15. The summed E-state index contributed by atoms with van der Waals surface area (Å²) in [6.07, 6.45) is 4.55. The maximum atomic E-state index is 10.6. The normalized spacial score (nSPS) is 10.6. The van der Waals surface area contributed by atoms with Gasteiger partial charge < -0.3 is 15.0 Å². The van der Waals surface area contributed by atoms with Crippen molar-refractivity contribution in [2.24, 2.45) is 0 Å². The quantitative estimate of drug-likeness (QED) is 0.587.